The zero-order chi connectivity index (χ0) is 14.7. The van der Waals surface area contributed by atoms with E-state index in [1.807, 2.05) is 0 Å². The van der Waals surface area contributed by atoms with Gasteiger partial charge >= 0.3 is 0 Å². The highest BCUT2D eigenvalue weighted by atomic mass is 19.3. The van der Waals surface area contributed by atoms with Crippen LogP contribution in [-0.2, 0) is 0 Å². The van der Waals surface area contributed by atoms with Gasteiger partial charge < -0.3 is 15.4 Å². The standard InChI is InChI=1S/C12H19F2N5O/c1-7-10(18-15)16-11(8-2-3-8)17-12(7)19(4-5-20)6-9(13)14/h8-9,20H,2-6,15H2,1H3,(H,16,17,18). The molecule has 1 saturated carbocycles. The van der Waals surface area contributed by atoms with E-state index in [1.54, 1.807) is 6.92 Å². The van der Waals surface area contributed by atoms with E-state index in [2.05, 4.69) is 15.4 Å². The van der Waals surface area contributed by atoms with Crippen molar-refractivity contribution in [3.05, 3.63) is 11.4 Å². The largest absolute Gasteiger partial charge is 0.395 e. The molecule has 0 atom stereocenters. The Labute approximate surface area is 116 Å². The van der Waals surface area contributed by atoms with Crippen LogP contribution in [0.5, 0.6) is 0 Å². The third-order valence-electron chi connectivity index (χ3n) is 3.24. The number of alkyl halides is 2. The number of aliphatic hydroxyl groups excluding tert-OH is 1. The summed E-state index contributed by atoms with van der Waals surface area (Å²) in [7, 11) is 0. The summed E-state index contributed by atoms with van der Waals surface area (Å²) in [5, 5.41) is 9.05. The number of anilines is 2. The average Bonchev–Trinajstić information content (AvgIpc) is 3.22. The normalized spacial score (nSPS) is 14.7. The van der Waals surface area contributed by atoms with Gasteiger partial charge in [0.25, 0.3) is 6.43 Å². The van der Waals surface area contributed by atoms with Crippen LogP contribution in [0.25, 0.3) is 0 Å². The van der Waals surface area contributed by atoms with Gasteiger partial charge in [0.2, 0.25) is 0 Å². The van der Waals surface area contributed by atoms with Gasteiger partial charge in [-0.2, -0.15) is 0 Å². The van der Waals surface area contributed by atoms with E-state index in [0.29, 0.717) is 23.0 Å². The van der Waals surface area contributed by atoms with Gasteiger partial charge in [-0.3, -0.25) is 0 Å². The molecule has 0 bridgehead atoms. The Bertz CT molecular complexity index is 467. The molecule has 1 aromatic heterocycles. The summed E-state index contributed by atoms with van der Waals surface area (Å²) in [6, 6.07) is 0. The summed E-state index contributed by atoms with van der Waals surface area (Å²) in [5.41, 5.74) is 3.08. The molecule has 112 valence electrons. The molecule has 0 saturated heterocycles. The van der Waals surface area contributed by atoms with Gasteiger partial charge in [-0.1, -0.05) is 0 Å². The molecule has 0 unspecified atom stereocenters. The van der Waals surface area contributed by atoms with Crippen molar-refractivity contribution >= 4 is 11.6 Å². The minimum atomic E-state index is -2.51. The summed E-state index contributed by atoms with van der Waals surface area (Å²) in [4.78, 5) is 10.1. The van der Waals surface area contributed by atoms with Crippen molar-refractivity contribution in [2.45, 2.75) is 32.1 Å². The van der Waals surface area contributed by atoms with Gasteiger partial charge in [-0.25, -0.2) is 24.6 Å². The van der Waals surface area contributed by atoms with Crippen molar-refractivity contribution in [2.24, 2.45) is 5.84 Å². The summed E-state index contributed by atoms with van der Waals surface area (Å²) < 4.78 is 25.3. The van der Waals surface area contributed by atoms with Crippen molar-refractivity contribution in [3.8, 4) is 0 Å². The van der Waals surface area contributed by atoms with E-state index in [9.17, 15) is 8.78 Å². The minimum Gasteiger partial charge on any atom is -0.395 e. The van der Waals surface area contributed by atoms with Gasteiger partial charge in [0.05, 0.1) is 13.2 Å². The van der Waals surface area contributed by atoms with Crippen molar-refractivity contribution < 1.29 is 13.9 Å². The van der Waals surface area contributed by atoms with Gasteiger partial charge in [-0.15, -0.1) is 0 Å². The van der Waals surface area contributed by atoms with Crippen molar-refractivity contribution in [3.63, 3.8) is 0 Å². The number of aromatic nitrogens is 2. The fourth-order valence-electron chi connectivity index (χ4n) is 2.07. The zero-order valence-corrected chi connectivity index (χ0v) is 11.3. The molecule has 1 heterocycles. The van der Waals surface area contributed by atoms with Crippen LogP contribution in [0.4, 0.5) is 20.4 Å². The number of nitrogens with zero attached hydrogens (tertiary/aromatic N) is 3. The van der Waals surface area contributed by atoms with Crippen LogP contribution in [0.2, 0.25) is 0 Å². The lowest BCUT2D eigenvalue weighted by molar-refractivity contribution is 0.152. The predicted molar refractivity (Wildman–Crippen MR) is 71.9 cm³/mol. The molecule has 0 aliphatic heterocycles. The smallest absolute Gasteiger partial charge is 0.255 e. The lowest BCUT2D eigenvalue weighted by atomic mass is 10.2. The first-order valence-electron chi connectivity index (χ1n) is 6.56. The second-order valence-electron chi connectivity index (χ2n) is 4.86. The summed E-state index contributed by atoms with van der Waals surface area (Å²) >= 11 is 0. The Morgan fingerprint density at radius 1 is 1.45 bits per heavy atom. The molecule has 2 rings (SSSR count). The first-order chi connectivity index (χ1) is 9.56. The fraction of sp³-hybridized carbons (Fsp3) is 0.667. The third kappa shape index (κ3) is 3.31. The van der Waals surface area contributed by atoms with Gasteiger partial charge in [0.15, 0.2) is 0 Å². The third-order valence-corrected chi connectivity index (χ3v) is 3.24. The Balaban J connectivity index is 2.37. The number of nitrogen functional groups attached to an aromatic ring is 1. The maximum absolute atomic E-state index is 12.7. The second kappa shape index (κ2) is 6.27. The minimum absolute atomic E-state index is 0.0936. The van der Waals surface area contributed by atoms with Gasteiger partial charge in [0, 0.05) is 18.0 Å². The number of aliphatic hydroxyl groups is 1. The zero-order valence-electron chi connectivity index (χ0n) is 11.3. The number of hydrazine groups is 1. The van der Waals surface area contributed by atoms with E-state index < -0.39 is 13.0 Å². The molecule has 1 aliphatic carbocycles. The topological polar surface area (TPSA) is 87.3 Å². The van der Waals surface area contributed by atoms with E-state index in [-0.39, 0.29) is 19.1 Å². The van der Waals surface area contributed by atoms with E-state index in [4.69, 9.17) is 10.9 Å². The number of nitrogens with one attached hydrogen (secondary N) is 1. The lowest BCUT2D eigenvalue weighted by Gasteiger charge is -2.25. The monoisotopic (exact) mass is 287 g/mol. The molecule has 1 fully saturated rings. The molecular formula is C12H19F2N5O. The number of rotatable bonds is 7. The molecule has 6 nitrogen and oxygen atoms in total. The van der Waals surface area contributed by atoms with Crippen LogP contribution in [0.15, 0.2) is 0 Å². The molecular weight excluding hydrogens is 268 g/mol. The van der Waals surface area contributed by atoms with Crippen LogP contribution >= 0.6 is 0 Å². The van der Waals surface area contributed by atoms with Crippen LogP contribution in [0.3, 0.4) is 0 Å². The lowest BCUT2D eigenvalue weighted by Crippen LogP contribution is -2.33. The molecule has 0 aromatic carbocycles. The van der Waals surface area contributed by atoms with Crippen LogP contribution in [0.1, 0.15) is 30.1 Å². The van der Waals surface area contributed by atoms with Crippen molar-refractivity contribution in [1.29, 1.82) is 0 Å². The molecule has 8 heteroatoms. The van der Waals surface area contributed by atoms with Crippen LogP contribution in [0, 0.1) is 6.92 Å². The first-order valence-corrected chi connectivity index (χ1v) is 6.56. The van der Waals surface area contributed by atoms with E-state index >= 15 is 0 Å². The Kier molecular flexibility index (Phi) is 4.66. The van der Waals surface area contributed by atoms with E-state index in [1.165, 1.54) is 4.90 Å². The maximum atomic E-state index is 12.7. The highest BCUT2D eigenvalue weighted by Gasteiger charge is 2.29. The summed E-state index contributed by atoms with van der Waals surface area (Å²) in [6.07, 6.45) is -0.502. The predicted octanol–water partition coefficient (Wildman–Crippen LogP) is 1.01. The second-order valence-corrected chi connectivity index (χ2v) is 4.86. The van der Waals surface area contributed by atoms with Crippen molar-refractivity contribution in [2.75, 3.05) is 30.0 Å². The average molecular weight is 287 g/mol. The van der Waals surface area contributed by atoms with Crippen molar-refractivity contribution in [1.82, 2.24) is 9.97 Å². The molecule has 1 aromatic rings. The van der Waals surface area contributed by atoms with Crippen LogP contribution < -0.4 is 16.2 Å². The summed E-state index contributed by atoms with van der Waals surface area (Å²) in [5.74, 6) is 7.18. The quantitative estimate of drug-likeness (QED) is 0.512. The summed E-state index contributed by atoms with van der Waals surface area (Å²) in [6.45, 7) is 1.11. The highest BCUT2D eigenvalue weighted by molar-refractivity contribution is 5.58. The highest BCUT2D eigenvalue weighted by Crippen LogP contribution is 2.40. The van der Waals surface area contributed by atoms with Gasteiger partial charge in [-0.05, 0) is 19.8 Å². The maximum Gasteiger partial charge on any atom is 0.255 e. The molecule has 20 heavy (non-hydrogen) atoms. The molecule has 0 radical (unpaired) electrons. The Morgan fingerprint density at radius 3 is 2.65 bits per heavy atom. The first kappa shape index (κ1) is 14.9. The number of hydrogen-bond acceptors (Lipinski definition) is 6. The SMILES string of the molecule is Cc1c(NN)nc(C2CC2)nc1N(CCO)CC(F)F. The number of nitrogens with two attached hydrogens (primary N) is 1. The van der Waals surface area contributed by atoms with Crippen LogP contribution in [-0.4, -0.2) is 41.2 Å². The number of hydrogen-bond donors (Lipinski definition) is 3. The van der Waals surface area contributed by atoms with E-state index in [0.717, 1.165) is 12.8 Å². The molecule has 4 N–H and O–H groups in total. The molecule has 0 amide bonds. The Hall–Kier alpha value is -1.54. The van der Waals surface area contributed by atoms with Gasteiger partial charge in [0.1, 0.15) is 17.5 Å². The molecule has 0 spiro atoms. The number of halogens is 2. The Morgan fingerprint density at radius 2 is 2.15 bits per heavy atom. The fourth-order valence-corrected chi connectivity index (χ4v) is 2.07. The molecule has 1 aliphatic rings.